The lowest BCUT2D eigenvalue weighted by Crippen LogP contribution is -2.15. The second kappa shape index (κ2) is 8.09. The van der Waals surface area contributed by atoms with Crippen molar-refractivity contribution in [2.75, 3.05) is 10.6 Å². The third-order valence-corrected chi connectivity index (χ3v) is 4.67. The lowest BCUT2D eigenvalue weighted by atomic mass is 10.1. The minimum atomic E-state index is -0.673. The third kappa shape index (κ3) is 4.57. The number of rotatable bonds is 5. The maximum Gasteiger partial charge on any atom is 0.260 e. The molecule has 0 radical (unpaired) electrons. The second-order valence-corrected chi connectivity index (χ2v) is 6.78. The zero-order valence-corrected chi connectivity index (χ0v) is 15.7. The summed E-state index contributed by atoms with van der Waals surface area (Å²) in [5.41, 5.74) is 3.11. The standard InChI is InChI=1S/C20H18FN3O2S/c1-3-13-4-6-14(7-5-13)18-11-27-20(23-18)24-19(26)16-10-15(22-12(2)25)8-9-17(16)21/h4-11H,3H2,1-2H3,(H,22,25)(H,23,24,26). The van der Waals surface area contributed by atoms with Crippen molar-refractivity contribution in [2.24, 2.45) is 0 Å². The van der Waals surface area contributed by atoms with Gasteiger partial charge in [-0.15, -0.1) is 11.3 Å². The average Bonchev–Trinajstić information content (AvgIpc) is 3.11. The van der Waals surface area contributed by atoms with Gasteiger partial charge in [0.05, 0.1) is 11.3 Å². The summed E-state index contributed by atoms with van der Waals surface area (Å²) in [5.74, 6) is -1.60. The van der Waals surface area contributed by atoms with E-state index in [9.17, 15) is 14.0 Å². The molecule has 0 aliphatic carbocycles. The monoisotopic (exact) mass is 383 g/mol. The van der Waals surface area contributed by atoms with Crippen LogP contribution in [0.4, 0.5) is 15.2 Å². The van der Waals surface area contributed by atoms with Crippen LogP contribution in [-0.4, -0.2) is 16.8 Å². The van der Waals surface area contributed by atoms with Gasteiger partial charge in [-0.3, -0.25) is 14.9 Å². The summed E-state index contributed by atoms with van der Waals surface area (Å²) in [6.45, 7) is 3.43. The quantitative estimate of drug-likeness (QED) is 0.669. The predicted molar refractivity (Wildman–Crippen MR) is 106 cm³/mol. The molecule has 138 valence electrons. The maximum atomic E-state index is 14.0. The first-order valence-corrected chi connectivity index (χ1v) is 9.27. The fourth-order valence-electron chi connectivity index (χ4n) is 2.52. The Hall–Kier alpha value is -3.06. The van der Waals surface area contributed by atoms with Gasteiger partial charge in [0.25, 0.3) is 5.91 Å². The van der Waals surface area contributed by atoms with Gasteiger partial charge in [-0.1, -0.05) is 31.2 Å². The van der Waals surface area contributed by atoms with Gasteiger partial charge in [0.15, 0.2) is 5.13 Å². The van der Waals surface area contributed by atoms with Crippen LogP contribution in [-0.2, 0) is 11.2 Å². The van der Waals surface area contributed by atoms with Crippen molar-refractivity contribution >= 4 is 34.0 Å². The number of aromatic nitrogens is 1. The zero-order valence-electron chi connectivity index (χ0n) is 14.9. The van der Waals surface area contributed by atoms with Crippen molar-refractivity contribution in [1.29, 1.82) is 0 Å². The van der Waals surface area contributed by atoms with E-state index in [-0.39, 0.29) is 11.5 Å². The van der Waals surface area contributed by atoms with E-state index >= 15 is 0 Å². The Kier molecular flexibility index (Phi) is 5.61. The van der Waals surface area contributed by atoms with Crippen LogP contribution in [0.5, 0.6) is 0 Å². The van der Waals surface area contributed by atoms with E-state index in [0.717, 1.165) is 23.7 Å². The van der Waals surface area contributed by atoms with E-state index in [4.69, 9.17) is 0 Å². The first kappa shape index (κ1) is 18.7. The minimum absolute atomic E-state index is 0.162. The van der Waals surface area contributed by atoms with Crippen LogP contribution in [0.2, 0.25) is 0 Å². The molecule has 3 aromatic rings. The lowest BCUT2D eigenvalue weighted by Gasteiger charge is -2.07. The molecule has 3 rings (SSSR count). The summed E-state index contributed by atoms with van der Waals surface area (Å²) < 4.78 is 14.0. The number of thiazole rings is 1. The van der Waals surface area contributed by atoms with Crippen molar-refractivity contribution < 1.29 is 14.0 Å². The SMILES string of the molecule is CCc1ccc(-c2csc(NC(=O)c3cc(NC(C)=O)ccc3F)n2)cc1. The van der Waals surface area contributed by atoms with Gasteiger partial charge in [-0.05, 0) is 30.2 Å². The fourth-order valence-corrected chi connectivity index (χ4v) is 3.23. The minimum Gasteiger partial charge on any atom is -0.326 e. The molecule has 0 saturated heterocycles. The molecule has 2 N–H and O–H groups in total. The fraction of sp³-hybridized carbons (Fsp3) is 0.150. The van der Waals surface area contributed by atoms with Crippen molar-refractivity contribution in [2.45, 2.75) is 20.3 Å². The third-order valence-electron chi connectivity index (χ3n) is 3.91. The first-order chi connectivity index (χ1) is 13.0. The molecular weight excluding hydrogens is 365 g/mol. The summed E-state index contributed by atoms with van der Waals surface area (Å²) in [5, 5.41) is 7.34. The zero-order chi connectivity index (χ0) is 19.4. The largest absolute Gasteiger partial charge is 0.326 e. The van der Waals surface area contributed by atoms with Crippen LogP contribution in [0.15, 0.2) is 47.8 Å². The summed E-state index contributed by atoms with van der Waals surface area (Å²) in [4.78, 5) is 27.9. The van der Waals surface area contributed by atoms with Crippen LogP contribution in [0.1, 0.15) is 29.8 Å². The van der Waals surface area contributed by atoms with Crippen LogP contribution in [0, 0.1) is 5.82 Å². The first-order valence-electron chi connectivity index (χ1n) is 8.39. The number of nitrogens with one attached hydrogen (secondary N) is 2. The van der Waals surface area contributed by atoms with E-state index in [0.29, 0.717) is 10.8 Å². The Morgan fingerprint density at radius 3 is 2.52 bits per heavy atom. The molecule has 5 nitrogen and oxygen atoms in total. The molecule has 0 saturated carbocycles. The molecule has 27 heavy (non-hydrogen) atoms. The van der Waals surface area contributed by atoms with Gasteiger partial charge < -0.3 is 5.32 Å². The molecule has 7 heteroatoms. The molecule has 1 aromatic heterocycles. The molecular formula is C20H18FN3O2S. The molecule has 0 aliphatic rings. The van der Waals surface area contributed by atoms with E-state index in [1.54, 1.807) is 0 Å². The summed E-state index contributed by atoms with van der Waals surface area (Å²) >= 11 is 1.26. The van der Waals surface area contributed by atoms with Crippen LogP contribution < -0.4 is 10.6 Å². The van der Waals surface area contributed by atoms with Gasteiger partial charge in [0, 0.05) is 23.6 Å². The van der Waals surface area contributed by atoms with E-state index in [2.05, 4.69) is 22.5 Å². The molecule has 2 aromatic carbocycles. The molecule has 0 unspecified atom stereocenters. The summed E-state index contributed by atoms with van der Waals surface area (Å²) in [6.07, 6.45) is 0.960. The Labute approximate surface area is 160 Å². The molecule has 0 aliphatic heterocycles. The van der Waals surface area contributed by atoms with Crippen molar-refractivity contribution in [1.82, 2.24) is 4.98 Å². The Morgan fingerprint density at radius 2 is 1.85 bits per heavy atom. The Bertz CT molecular complexity index is 983. The highest BCUT2D eigenvalue weighted by Gasteiger charge is 2.15. The normalized spacial score (nSPS) is 10.5. The summed E-state index contributed by atoms with van der Waals surface area (Å²) in [7, 11) is 0. The Balaban J connectivity index is 1.76. The van der Waals surface area contributed by atoms with Gasteiger partial charge >= 0.3 is 0 Å². The van der Waals surface area contributed by atoms with Crippen molar-refractivity contribution in [3.8, 4) is 11.3 Å². The van der Waals surface area contributed by atoms with E-state index in [1.165, 1.54) is 36.0 Å². The number of hydrogen-bond donors (Lipinski definition) is 2. The second-order valence-electron chi connectivity index (χ2n) is 5.92. The lowest BCUT2D eigenvalue weighted by molar-refractivity contribution is -0.114. The number of nitrogens with zero attached hydrogens (tertiary/aromatic N) is 1. The van der Waals surface area contributed by atoms with Gasteiger partial charge in [0.2, 0.25) is 5.91 Å². The van der Waals surface area contributed by atoms with Crippen LogP contribution >= 0.6 is 11.3 Å². The average molecular weight is 383 g/mol. The predicted octanol–water partition coefficient (Wildman–Crippen LogP) is 4.72. The number of benzene rings is 2. The smallest absolute Gasteiger partial charge is 0.260 e. The van der Waals surface area contributed by atoms with Gasteiger partial charge in [-0.2, -0.15) is 0 Å². The van der Waals surface area contributed by atoms with Gasteiger partial charge in [0.1, 0.15) is 5.82 Å². The molecule has 0 fully saturated rings. The molecule has 1 heterocycles. The van der Waals surface area contributed by atoms with Crippen molar-refractivity contribution in [3.63, 3.8) is 0 Å². The van der Waals surface area contributed by atoms with E-state index in [1.807, 2.05) is 29.6 Å². The topological polar surface area (TPSA) is 71.1 Å². The van der Waals surface area contributed by atoms with Crippen molar-refractivity contribution in [3.05, 3.63) is 64.8 Å². The summed E-state index contributed by atoms with van der Waals surface area (Å²) in [6, 6.07) is 11.9. The van der Waals surface area contributed by atoms with Gasteiger partial charge in [-0.25, -0.2) is 9.37 Å². The molecule has 0 atom stereocenters. The highest BCUT2D eigenvalue weighted by atomic mass is 32.1. The number of aryl methyl sites for hydroxylation is 1. The van der Waals surface area contributed by atoms with Crippen LogP contribution in [0.25, 0.3) is 11.3 Å². The molecule has 2 amide bonds. The molecule has 0 bridgehead atoms. The Morgan fingerprint density at radius 1 is 1.11 bits per heavy atom. The van der Waals surface area contributed by atoms with E-state index < -0.39 is 11.7 Å². The number of carbonyl (C=O) groups is 2. The molecule has 0 spiro atoms. The van der Waals surface area contributed by atoms with Crippen LogP contribution in [0.3, 0.4) is 0 Å². The highest BCUT2D eigenvalue weighted by Crippen LogP contribution is 2.26. The highest BCUT2D eigenvalue weighted by molar-refractivity contribution is 7.14. The number of anilines is 2. The number of halogens is 1. The number of amides is 2. The number of hydrogen-bond acceptors (Lipinski definition) is 4. The number of carbonyl (C=O) groups excluding carboxylic acids is 2. The maximum absolute atomic E-state index is 14.0.